The Labute approximate surface area is 127 Å². The third-order valence-electron chi connectivity index (χ3n) is 2.71. The zero-order chi connectivity index (χ0) is 14.9. The van der Waals surface area contributed by atoms with Gasteiger partial charge in [0.2, 0.25) is 5.91 Å². The number of nitrogens with two attached hydrogens (primary N) is 1. The van der Waals surface area contributed by atoms with Gasteiger partial charge in [0, 0.05) is 17.1 Å². The molecule has 1 amide bonds. The Hall–Kier alpha value is -2.34. The van der Waals surface area contributed by atoms with Crippen molar-refractivity contribution in [2.24, 2.45) is 10.7 Å². The predicted molar refractivity (Wildman–Crippen MR) is 87.6 cm³/mol. The van der Waals surface area contributed by atoms with Gasteiger partial charge in [-0.25, -0.2) is 4.99 Å². The fourth-order valence-corrected chi connectivity index (χ4v) is 2.41. The summed E-state index contributed by atoms with van der Waals surface area (Å²) < 4.78 is 0. The number of carbonyl (C=O) groups is 1. The van der Waals surface area contributed by atoms with Crippen molar-refractivity contribution >= 4 is 28.9 Å². The summed E-state index contributed by atoms with van der Waals surface area (Å²) in [5.74, 6) is 0.0963. The van der Waals surface area contributed by atoms with Crippen molar-refractivity contribution in [2.45, 2.75) is 6.42 Å². The van der Waals surface area contributed by atoms with Gasteiger partial charge in [-0.2, -0.15) is 0 Å². The van der Waals surface area contributed by atoms with Crippen LogP contribution in [0.4, 0.5) is 5.69 Å². The number of anilines is 1. The fraction of sp³-hybridized carbons (Fsp3) is 0.200. The smallest absolute Gasteiger partial charge is 0.246 e. The van der Waals surface area contributed by atoms with E-state index in [2.05, 4.69) is 21.7 Å². The maximum absolute atomic E-state index is 11.7. The molecule has 1 aromatic carbocycles. The Balaban J connectivity index is 1.68. The number of para-hydroxylation sites is 1. The first kappa shape index (κ1) is 15.1. The molecule has 21 heavy (non-hydrogen) atoms. The molecule has 0 fully saturated rings. The van der Waals surface area contributed by atoms with Crippen LogP contribution in [0.25, 0.3) is 0 Å². The van der Waals surface area contributed by atoms with E-state index in [1.54, 1.807) is 11.3 Å². The number of hydrogen-bond acceptors (Lipinski definition) is 3. The predicted octanol–water partition coefficient (Wildman–Crippen LogP) is 1.83. The molecule has 0 aliphatic heterocycles. The summed E-state index contributed by atoms with van der Waals surface area (Å²) >= 11 is 1.71. The molecule has 4 N–H and O–H groups in total. The van der Waals surface area contributed by atoms with E-state index in [1.807, 2.05) is 41.8 Å². The number of aliphatic imine (C=N–C) groups is 1. The Bertz CT molecular complexity index is 581. The number of nitrogens with zero attached hydrogens (tertiary/aromatic N) is 1. The number of rotatable bonds is 6. The van der Waals surface area contributed by atoms with Crippen LogP contribution in [0.1, 0.15) is 4.88 Å². The molecule has 0 atom stereocenters. The van der Waals surface area contributed by atoms with Crippen molar-refractivity contribution in [2.75, 3.05) is 18.4 Å². The first-order valence-electron chi connectivity index (χ1n) is 6.65. The second-order valence-corrected chi connectivity index (χ2v) is 5.40. The Morgan fingerprint density at radius 2 is 2.00 bits per heavy atom. The maximum Gasteiger partial charge on any atom is 0.246 e. The van der Waals surface area contributed by atoms with Crippen LogP contribution in [0.3, 0.4) is 0 Å². The normalized spacial score (nSPS) is 11.1. The lowest BCUT2D eigenvalue weighted by Crippen LogP contribution is -2.34. The van der Waals surface area contributed by atoms with E-state index in [-0.39, 0.29) is 18.4 Å². The molecule has 0 saturated heterocycles. The van der Waals surface area contributed by atoms with Gasteiger partial charge in [-0.3, -0.25) is 4.79 Å². The van der Waals surface area contributed by atoms with Gasteiger partial charge in [-0.1, -0.05) is 24.3 Å². The van der Waals surface area contributed by atoms with Crippen LogP contribution in [0.2, 0.25) is 0 Å². The number of hydrogen-bond donors (Lipinski definition) is 3. The highest BCUT2D eigenvalue weighted by atomic mass is 32.1. The van der Waals surface area contributed by atoms with Crippen LogP contribution in [0.5, 0.6) is 0 Å². The molecule has 0 unspecified atom stereocenters. The number of amides is 1. The lowest BCUT2D eigenvalue weighted by molar-refractivity contribution is -0.114. The Morgan fingerprint density at radius 1 is 1.19 bits per heavy atom. The third kappa shape index (κ3) is 5.66. The SMILES string of the molecule is NC(=NCC(=O)Nc1ccccc1)NCCc1cccs1. The molecule has 2 rings (SSSR count). The molecule has 1 aromatic heterocycles. The van der Waals surface area contributed by atoms with Crippen LogP contribution < -0.4 is 16.4 Å². The van der Waals surface area contributed by atoms with E-state index in [1.165, 1.54) is 4.88 Å². The van der Waals surface area contributed by atoms with Crippen LogP contribution in [-0.2, 0) is 11.2 Å². The minimum absolute atomic E-state index is 0.00668. The summed E-state index contributed by atoms with van der Waals surface area (Å²) in [5, 5.41) is 7.78. The molecule has 1 heterocycles. The van der Waals surface area contributed by atoms with E-state index < -0.39 is 0 Å². The molecular formula is C15H18N4OS. The second-order valence-electron chi connectivity index (χ2n) is 4.37. The number of nitrogens with one attached hydrogen (secondary N) is 2. The van der Waals surface area contributed by atoms with Crippen molar-refractivity contribution in [1.82, 2.24) is 5.32 Å². The molecule has 0 spiro atoms. The van der Waals surface area contributed by atoms with Crippen LogP contribution in [0, 0.1) is 0 Å². The van der Waals surface area contributed by atoms with E-state index in [0.717, 1.165) is 12.1 Å². The highest BCUT2D eigenvalue weighted by molar-refractivity contribution is 7.09. The van der Waals surface area contributed by atoms with E-state index in [0.29, 0.717) is 6.54 Å². The van der Waals surface area contributed by atoms with Crippen LogP contribution >= 0.6 is 11.3 Å². The highest BCUT2D eigenvalue weighted by Gasteiger charge is 2.01. The van der Waals surface area contributed by atoms with E-state index in [4.69, 9.17) is 5.73 Å². The van der Waals surface area contributed by atoms with E-state index in [9.17, 15) is 4.79 Å². The Morgan fingerprint density at radius 3 is 2.71 bits per heavy atom. The van der Waals surface area contributed by atoms with Crippen molar-refractivity contribution < 1.29 is 4.79 Å². The third-order valence-corrected chi connectivity index (χ3v) is 3.64. The summed E-state index contributed by atoms with van der Waals surface area (Å²) in [7, 11) is 0. The summed E-state index contributed by atoms with van der Waals surface area (Å²) in [6, 6.07) is 13.4. The average Bonchev–Trinajstić information content (AvgIpc) is 2.99. The first-order chi connectivity index (χ1) is 10.2. The number of benzene rings is 1. The fourth-order valence-electron chi connectivity index (χ4n) is 1.70. The van der Waals surface area contributed by atoms with Crippen molar-refractivity contribution in [3.63, 3.8) is 0 Å². The van der Waals surface area contributed by atoms with Crippen LogP contribution in [-0.4, -0.2) is 25.0 Å². The van der Waals surface area contributed by atoms with Gasteiger partial charge in [0.25, 0.3) is 0 Å². The highest BCUT2D eigenvalue weighted by Crippen LogP contribution is 2.08. The molecular weight excluding hydrogens is 284 g/mol. The molecule has 0 saturated carbocycles. The first-order valence-corrected chi connectivity index (χ1v) is 7.53. The summed E-state index contributed by atoms with van der Waals surface area (Å²) in [6.07, 6.45) is 0.893. The zero-order valence-electron chi connectivity index (χ0n) is 11.6. The van der Waals surface area contributed by atoms with Gasteiger partial charge in [0.15, 0.2) is 5.96 Å². The summed E-state index contributed by atoms with van der Waals surface area (Å²) in [6.45, 7) is 0.711. The van der Waals surface area contributed by atoms with Gasteiger partial charge < -0.3 is 16.4 Å². The van der Waals surface area contributed by atoms with Gasteiger partial charge in [0.1, 0.15) is 6.54 Å². The second kappa shape index (κ2) is 8.06. The van der Waals surface area contributed by atoms with Gasteiger partial charge >= 0.3 is 0 Å². The summed E-state index contributed by atoms with van der Waals surface area (Å²) in [4.78, 5) is 17.0. The number of carbonyl (C=O) groups excluding carboxylic acids is 1. The van der Waals surface area contributed by atoms with E-state index >= 15 is 0 Å². The largest absolute Gasteiger partial charge is 0.370 e. The number of guanidine groups is 1. The molecule has 0 aliphatic rings. The molecule has 6 heteroatoms. The lowest BCUT2D eigenvalue weighted by Gasteiger charge is -2.05. The van der Waals surface area contributed by atoms with Gasteiger partial charge in [0.05, 0.1) is 0 Å². The van der Waals surface area contributed by atoms with Crippen LogP contribution in [0.15, 0.2) is 52.8 Å². The summed E-state index contributed by atoms with van der Waals surface area (Å²) in [5.41, 5.74) is 6.47. The minimum atomic E-state index is -0.191. The lowest BCUT2D eigenvalue weighted by atomic mass is 10.3. The molecule has 2 aromatic rings. The average molecular weight is 302 g/mol. The Kier molecular flexibility index (Phi) is 5.78. The van der Waals surface area contributed by atoms with Gasteiger partial charge in [-0.05, 0) is 30.0 Å². The van der Waals surface area contributed by atoms with Crippen molar-refractivity contribution in [3.8, 4) is 0 Å². The molecule has 5 nitrogen and oxygen atoms in total. The standard InChI is InChI=1S/C15H18N4OS/c16-15(17-9-8-13-7-4-10-21-13)18-11-14(20)19-12-5-2-1-3-6-12/h1-7,10H,8-9,11H2,(H,19,20)(H3,16,17,18). The molecule has 110 valence electrons. The molecule has 0 aliphatic carbocycles. The topological polar surface area (TPSA) is 79.5 Å². The monoisotopic (exact) mass is 302 g/mol. The van der Waals surface area contributed by atoms with Gasteiger partial charge in [-0.15, -0.1) is 11.3 Å². The quantitative estimate of drug-likeness (QED) is 0.562. The minimum Gasteiger partial charge on any atom is -0.370 e. The zero-order valence-corrected chi connectivity index (χ0v) is 12.4. The van der Waals surface area contributed by atoms with Crippen molar-refractivity contribution in [1.29, 1.82) is 0 Å². The number of thiophene rings is 1. The molecule has 0 radical (unpaired) electrons. The molecule has 0 bridgehead atoms. The maximum atomic E-state index is 11.7. The van der Waals surface area contributed by atoms with Crippen molar-refractivity contribution in [3.05, 3.63) is 52.7 Å².